The zero-order chi connectivity index (χ0) is 12.3. The van der Waals surface area contributed by atoms with Gasteiger partial charge in [-0.1, -0.05) is 19.4 Å². The molecule has 0 aromatic heterocycles. The van der Waals surface area contributed by atoms with Crippen molar-refractivity contribution in [2.45, 2.75) is 26.3 Å². The van der Waals surface area contributed by atoms with Gasteiger partial charge in [0.25, 0.3) is 0 Å². The summed E-state index contributed by atoms with van der Waals surface area (Å²) in [5.41, 5.74) is 7.91. The maximum Gasteiger partial charge on any atom is 0.141 e. The van der Waals surface area contributed by atoms with Crippen LogP contribution in [0.15, 0.2) is 18.2 Å². The highest BCUT2D eigenvalue weighted by molar-refractivity contribution is 5.54. The average molecular weight is 234 g/mol. The van der Waals surface area contributed by atoms with Crippen molar-refractivity contribution in [3.05, 3.63) is 23.8 Å². The zero-order valence-electron chi connectivity index (χ0n) is 10.8. The maximum atomic E-state index is 5.90. The quantitative estimate of drug-likeness (QED) is 0.796. The van der Waals surface area contributed by atoms with Gasteiger partial charge in [0.05, 0.1) is 12.8 Å². The van der Waals surface area contributed by atoms with Gasteiger partial charge in [-0.25, -0.2) is 0 Å². The van der Waals surface area contributed by atoms with E-state index in [9.17, 15) is 0 Å². The third-order valence-electron chi connectivity index (χ3n) is 3.43. The third kappa shape index (κ3) is 2.91. The Balaban J connectivity index is 1.86. The molecular weight excluding hydrogens is 212 g/mol. The Morgan fingerprint density at radius 2 is 2.18 bits per heavy atom. The fourth-order valence-electron chi connectivity index (χ4n) is 2.54. The molecule has 94 valence electrons. The molecule has 0 bridgehead atoms. The summed E-state index contributed by atoms with van der Waals surface area (Å²) in [6.07, 6.45) is 2.66. The lowest BCUT2D eigenvalue weighted by atomic mass is 9.94. The number of nitrogens with two attached hydrogens (primary N) is 1. The van der Waals surface area contributed by atoms with Crippen molar-refractivity contribution in [1.82, 2.24) is 4.90 Å². The molecule has 1 saturated heterocycles. The van der Waals surface area contributed by atoms with Crippen molar-refractivity contribution >= 4 is 5.69 Å². The number of benzene rings is 1. The first-order chi connectivity index (χ1) is 8.22. The lowest BCUT2D eigenvalue weighted by Crippen LogP contribution is -2.45. The van der Waals surface area contributed by atoms with Crippen LogP contribution in [0.3, 0.4) is 0 Å². The Morgan fingerprint density at radius 3 is 2.76 bits per heavy atom. The molecule has 1 aromatic carbocycles. The number of methoxy groups -OCH3 is 1. The van der Waals surface area contributed by atoms with Gasteiger partial charge in [0.1, 0.15) is 5.75 Å². The second-order valence-electron chi connectivity index (χ2n) is 4.93. The lowest BCUT2D eigenvalue weighted by molar-refractivity contribution is 0.0860. The Labute approximate surface area is 104 Å². The van der Waals surface area contributed by atoms with E-state index in [1.54, 1.807) is 7.11 Å². The summed E-state index contributed by atoms with van der Waals surface area (Å²) < 4.78 is 5.16. The van der Waals surface area contributed by atoms with Crippen molar-refractivity contribution in [2.24, 2.45) is 5.92 Å². The van der Waals surface area contributed by atoms with Gasteiger partial charge in [0.15, 0.2) is 0 Å². The SMILES string of the molecule is CCCC1CN(Cc2ccc(OC)c(N)c2)C1. The van der Waals surface area contributed by atoms with Gasteiger partial charge in [-0.15, -0.1) is 0 Å². The molecule has 0 atom stereocenters. The van der Waals surface area contributed by atoms with Gasteiger partial charge in [-0.2, -0.15) is 0 Å². The Bertz CT molecular complexity index is 372. The predicted molar refractivity (Wildman–Crippen MR) is 71.1 cm³/mol. The van der Waals surface area contributed by atoms with Crippen molar-refractivity contribution in [3.63, 3.8) is 0 Å². The third-order valence-corrected chi connectivity index (χ3v) is 3.43. The Kier molecular flexibility index (Phi) is 3.89. The molecular formula is C14H22N2O. The van der Waals surface area contributed by atoms with E-state index >= 15 is 0 Å². The second-order valence-corrected chi connectivity index (χ2v) is 4.93. The normalized spacial score (nSPS) is 16.8. The fraction of sp³-hybridized carbons (Fsp3) is 0.571. The first-order valence-electron chi connectivity index (χ1n) is 6.37. The number of ether oxygens (including phenoxy) is 1. The van der Waals surface area contributed by atoms with Gasteiger partial charge in [-0.05, 0) is 30.0 Å². The highest BCUT2D eigenvalue weighted by Gasteiger charge is 2.25. The van der Waals surface area contributed by atoms with Gasteiger partial charge >= 0.3 is 0 Å². The van der Waals surface area contributed by atoms with Gasteiger partial charge < -0.3 is 10.5 Å². The molecule has 0 radical (unpaired) electrons. The molecule has 3 nitrogen and oxygen atoms in total. The zero-order valence-corrected chi connectivity index (χ0v) is 10.8. The molecule has 1 aliphatic rings. The Morgan fingerprint density at radius 1 is 1.41 bits per heavy atom. The topological polar surface area (TPSA) is 38.5 Å². The van der Waals surface area contributed by atoms with Gasteiger partial charge in [-0.3, -0.25) is 4.90 Å². The number of nitrogens with zero attached hydrogens (tertiary/aromatic N) is 1. The van der Waals surface area contributed by atoms with Crippen molar-refractivity contribution in [3.8, 4) is 5.75 Å². The smallest absolute Gasteiger partial charge is 0.141 e. The number of hydrogen-bond acceptors (Lipinski definition) is 3. The van der Waals surface area contributed by atoms with Crippen LogP contribution in [0.25, 0.3) is 0 Å². The molecule has 1 aliphatic heterocycles. The monoisotopic (exact) mass is 234 g/mol. The number of rotatable bonds is 5. The van der Waals surface area contributed by atoms with E-state index < -0.39 is 0 Å². The summed E-state index contributed by atoms with van der Waals surface area (Å²) in [7, 11) is 1.65. The molecule has 1 heterocycles. The molecule has 0 amide bonds. The van der Waals surface area contributed by atoms with Crippen molar-refractivity contribution < 1.29 is 4.74 Å². The lowest BCUT2D eigenvalue weighted by Gasteiger charge is -2.39. The number of hydrogen-bond donors (Lipinski definition) is 1. The first-order valence-corrected chi connectivity index (χ1v) is 6.37. The maximum absolute atomic E-state index is 5.90. The highest BCUT2D eigenvalue weighted by Crippen LogP contribution is 2.26. The van der Waals surface area contributed by atoms with Crippen LogP contribution in [0, 0.1) is 5.92 Å². The number of likely N-dealkylation sites (tertiary alicyclic amines) is 1. The van der Waals surface area contributed by atoms with Crippen molar-refractivity contribution in [2.75, 3.05) is 25.9 Å². The summed E-state index contributed by atoms with van der Waals surface area (Å²) in [4.78, 5) is 2.47. The van der Waals surface area contributed by atoms with Gasteiger partial charge in [0.2, 0.25) is 0 Å². The summed E-state index contributed by atoms with van der Waals surface area (Å²) in [5.74, 6) is 1.68. The van der Waals surface area contributed by atoms with E-state index in [4.69, 9.17) is 10.5 Å². The Hall–Kier alpha value is -1.22. The van der Waals surface area contributed by atoms with E-state index in [1.807, 2.05) is 12.1 Å². The molecule has 0 unspecified atom stereocenters. The second kappa shape index (κ2) is 5.41. The predicted octanol–water partition coefficient (Wildman–Crippen LogP) is 2.51. The van der Waals surface area contributed by atoms with Crippen LogP contribution in [0.5, 0.6) is 5.75 Å². The fourth-order valence-corrected chi connectivity index (χ4v) is 2.54. The van der Waals surface area contributed by atoms with E-state index in [0.717, 1.165) is 23.9 Å². The molecule has 2 N–H and O–H groups in total. The molecule has 0 saturated carbocycles. The van der Waals surface area contributed by atoms with E-state index in [-0.39, 0.29) is 0 Å². The first kappa shape index (κ1) is 12.2. The molecule has 17 heavy (non-hydrogen) atoms. The average Bonchev–Trinajstić information content (AvgIpc) is 2.26. The molecule has 2 rings (SSSR count). The van der Waals surface area contributed by atoms with Crippen LogP contribution in [0.2, 0.25) is 0 Å². The molecule has 1 aromatic rings. The largest absolute Gasteiger partial charge is 0.495 e. The molecule has 0 aliphatic carbocycles. The summed E-state index contributed by atoms with van der Waals surface area (Å²) >= 11 is 0. The molecule has 1 fully saturated rings. The van der Waals surface area contributed by atoms with Crippen molar-refractivity contribution in [1.29, 1.82) is 0 Å². The summed E-state index contributed by atoms with van der Waals surface area (Å²) in [6, 6.07) is 6.07. The van der Waals surface area contributed by atoms with Gasteiger partial charge in [0, 0.05) is 19.6 Å². The molecule has 3 heteroatoms. The van der Waals surface area contributed by atoms with E-state index in [1.165, 1.54) is 31.5 Å². The van der Waals surface area contributed by atoms with E-state index in [0.29, 0.717) is 0 Å². The minimum absolute atomic E-state index is 0.732. The van der Waals surface area contributed by atoms with Crippen LogP contribution in [-0.2, 0) is 6.54 Å². The highest BCUT2D eigenvalue weighted by atomic mass is 16.5. The standard InChI is InChI=1S/C14H22N2O/c1-3-4-12-9-16(10-12)8-11-5-6-14(17-2)13(15)7-11/h5-7,12H,3-4,8-10,15H2,1-2H3. The summed E-state index contributed by atoms with van der Waals surface area (Å²) in [5, 5.41) is 0. The number of nitrogen functional groups attached to an aromatic ring is 1. The minimum Gasteiger partial charge on any atom is -0.495 e. The summed E-state index contributed by atoms with van der Waals surface area (Å²) in [6.45, 7) is 5.74. The van der Waals surface area contributed by atoms with Crippen LogP contribution < -0.4 is 10.5 Å². The van der Waals surface area contributed by atoms with Crippen LogP contribution in [0.1, 0.15) is 25.3 Å². The number of anilines is 1. The van der Waals surface area contributed by atoms with E-state index in [2.05, 4.69) is 17.9 Å². The minimum atomic E-state index is 0.732. The van der Waals surface area contributed by atoms with Crippen LogP contribution >= 0.6 is 0 Å². The van der Waals surface area contributed by atoms with Crippen LogP contribution in [0.4, 0.5) is 5.69 Å². The van der Waals surface area contributed by atoms with Crippen LogP contribution in [-0.4, -0.2) is 25.1 Å². The molecule has 0 spiro atoms.